The highest BCUT2D eigenvalue weighted by molar-refractivity contribution is 6.00. The summed E-state index contributed by atoms with van der Waals surface area (Å²) in [6.45, 7) is 3.46. The predicted molar refractivity (Wildman–Crippen MR) is 62.8 cm³/mol. The van der Waals surface area contributed by atoms with Crippen LogP contribution in [0, 0.1) is 0 Å². The summed E-state index contributed by atoms with van der Waals surface area (Å²) in [4.78, 5) is 22.7. The molecule has 4 nitrogen and oxygen atoms in total. The Morgan fingerprint density at radius 2 is 2.12 bits per heavy atom. The second kappa shape index (κ2) is 3.96. The molecule has 2 N–H and O–H groups in total. The molecule has 0 unspecified atom stereocenters. The molecule has 1 aliphatic heterocycles. The molecule has 1 heterocycles. The summed E-state index contributed by atoms with van der Waals surface area (Å²) < 4.78 is 0. The fraction of sp³-hybridized carbons (Fsp3) is 0.333. The van der Waals surface area contributed by atoms with Crippen LogP contribution in [-0.2, 0) is 4.79 Å². The lowest BCUT2D eigenvalue weighted by Gasteiger charge is -2.11. The summed E-state index contributed by atoms with van der Waals surface area (Å²) in [5, 5.41) is 6.02. The number of Topliss-reactive ketones (excluding diaryl/α,β-unsaturated/α-hetero) is 1. The van der Waals surface area contributed by atoms with Gasteiger partial charge in [-0.3, -0.25) is 9.59 Å². The molecule has 84 valence electrons. The van der Waals surface area contributed by atoms with Crippen LogP contribution in [0.5, 0.6) is 0 Å². The minimum absolute atomic E-state index is 0.00524. The van der Waals surface area contributed by atoms with E-state index in [1.807, 2.05) is 13.0 Å². The predicted octanol–water partition coefficient (Wildman–Crippen LogP) is 2.03. The van der Waals surface area contributed by atoms with Crippen molar-refractivity contribution in [1.82, 2.24) is 0 Å². The van der Waals surface area contributed by atoms with Crippen LogP contribution in [0.2, 0.25) is 0 Å². The number of hydrogen-bond donors (Lipinski definition) is 2. The molecule has 0 fully saturated rings. The molecule has 16 heavy (non-hydrogen) atoms. The van der Waals surface area contributed by atoms with Crippen molar-refractivity contribution in [1.29, 1.82) is 0 Å². The van der Waals surface area contributed by atoms with Crippen LogP contribution < -0.4 is 10.6 Å². The van der Waals surface area contributed by atoms with Crippen LogP contribution >= 0.6 is 0 Å². The number of carbonyl (C=O) groups excluding carboxylic acids is 2. The first-order valence-corrected chi connectivity index (χ1v) is 5.27. The quantitative estimate of drug-likeness (QED) is 0.709. The van der Waals surface area contributed by atoms with E-state index in [4.69, 9.17) is 0 Å². The lowest BCUT2D eigenvalue weighted by molar-refractivity contribution is -0.116. The highest BCUT2D eigenvalue weighted by atomic mass is 16.1. The Morgan fingerprint density at radius 3 is 2.81 bits per heavy atom. The number of anilines is 2. The molecular formula is C12H14N2O2. The molecule has 0 aliphatic carbocycles. The van der Waals surface area contributed by atoms with Crippen molar-refractivity contribution in [2.75, 3.05) is 10.6 Å². The summed E-state index contributed by atoms with van der Waals surface area (Å²) in [5.41, 5.74) is 2.15. The fourth-order valence-electron chi connectivity index (χ4n) is 1.79. The molecular weight excluding hydrogens is 204 g/mol. The summed E-state index contributed by atoms with van der Waals surface area (Å²) in [6, 6.07) is 5.40. The van der Waals surface area contributed by atoms with Crippen LogP contribution in [0.3, 0.4) is 0 Å². The molecule has 1 aromatic carbocycles. The minimum atomic E-state index is -0.0283. The van der Waals surface area contributed by atoms with E-state index in [0.29, 0.717) is 17.7 Å². The van der Waals surface area contributed by atoms with E-state index in [2.05, 4.69) is 10.6 Å². The van der Waals surface area contributed by atoms with Gasteiger partial charge in [0.2, 0.25) is 5.91 Å². The van der Waals surface area contributed by atoms with Gasteiger partial charge in [0, 0.05) is 18.0 Å². The number of fused-ring (bicyclic) bond motifs is 1. The highest BCUT2D eigenvalue weighted by Gasteiger charge is 2.17. The van der Waals surface area contributed by atoms with E-state index in [-0.39, 0.29) is 17.7 Å². The zero-order chi connectivity index (χ0) is 11.7. The van der Waals surface area contributed by atoms with Gasteiger partial charge < -0.3 is 10.6 Å². The van der Waals surface area contributed by atoms with Gasteiger partial charge in [-0.05, 0) is 32.0 Å². The van der Waals surface area contributed by atoms with Gasteiger partial charge in [0.05, 0.1) is 11.4 Å². The van der Waals surface area contributed by atoms with Crippen molar-refractivity contribution in [3.63, 3.8) is 0 Å². The van der Waals surface area contributed by atoms with Crippen molar-refractivity contribution in [2.45, 2.75) is 26.3 Å². The number of ketones is 1. The Hall–Kier alpha value is -1.84. The maximum absolute atomic E-state index is 11.5. The minimum Gasteiger partial charge on any atom is -0.380 e. The molecule has 1 atom stereocenters. The molecule has 0 saturated carbocycles. The lowest BCUT2D eigenvalue weighted by atomic mass is 10.1. The Balaban J connectivity index is 2.42. The molecule has 0 saturated heterocycles. The van der Waals surface area contributed by atoms with Crippen molar-refractivity contribution < 1.29 is 9.59 Å². The van der Waals surface area contributed by atoms with Crippen LogP contribution in [0.15, 0.2) is 18.2 Å². The molecule has 0 aromatic heterocycles. The van der Waals surface area contributed by atoms with Gasteiger partial charge in [-0.15, -0.1) is 0 Å². The van der Waals surface area contributed by atoms with Gasteiger partial charge in [-0.2, -0.15) is 0 Å². The van der Waals surface area contributed by atoms with Gasteiger partial charge in [0.15, 0.2) is 5.78 Å². The molecule has 4 heteroatoms. The third-order valence-corrected chi connectivity index (χ3v) is 2.59. The van der Waals surface area contributed by atoms with Gasteiger partial charge in [-0.25, -0.2) is 0 Å². The Bertz CT molecular complexity index is 454. The largest absolute Gasteiger partial charge is 0.380 e. The summed E-state index contributed by atoms with van der Waals surface area (Å²) >= 11 is 0. The standard InChI is InChI=1S/C12H14N2O2/c1-7-5-12(16)14-11-6-9(8(2)15)3-4-10(11)13-7/h3-4,6-7,13H,5H2,1-2H3,(H,14,16)/t7-/m0/s1. The number of nitrogens with one attached hydrogen (secondary N) is 2. The van der Waals surface area contributed by atoms with Crippen LogP contribution in [0.4, 0.5) is 11.4 Å². The number of hydrogen-bond acceptors (Lipinski definition) is 3. The molecule has 0 bridgehead atoms. The first kappa shape index (κ1) is 10.7. The van der Waals surface area contributed by atoms with Gasteiger partial charge >= 0.3 is 0 Å². The molecule has 0 radical (unpaired) electrons. The number of rotatable bonds is 1. The topological polar surface area (TPSA) is 58.2 Å². The molecule has 2 rings (SSSR count). The van der Waals surface area contributed by atoms with Crippen molar-refractivity contribution >= 4 is 23.1 Å². The third kappa shape index (κ3) is 2.05. The van der Waals surface area contributed by atoms with Crippen LogP contribution in [0.1, 0.15) is 30.6 Å². The summed E-state index contributed by atoms with van der Waals surface area (Å²) in [5.74, 6) is -0.0335. The van der Waals surface area contributed by atoms with E-state index >= 15 is 0 Å². The zero-order valence-electron chi connectivity index (χ0n) is 9.33. The Kier molecular flexibility index (Phi) is 2.64. The second-order valence-corrected chi connectivity index (χ2v) is 4.11. The van der Waals surface area contributed by atoms with Crippen molar-refractivity contribution in [2.24, 2.45) is 0 Å². The number of amides is 1. The average molecular weight is 218 g/mol. The molecule has 0 spiro atoms. The SMILES string of the molecule is CC(=O)c1ccc2c(c1)NC(=O)C[C@H](C)N2. The maximum Gasteiger partial charge on any atom is 0.226 e. The maximum atomic E-state index is 11.5. The van der Waals surface area contributed by atoms with Crippen molar-refractivity contribution in [3.8, 4) is 0 Å². The van der Waals surface area contributed by atoms with Gasteiger partial charge in [0.25, 0.3) is 0 Å². The van der Waals surface area contributed by atoms with Crippen molar-refractivity contribution in [3.05, 3.63) is 23.8 Å². The first-order chi connectivity index (χ1) is 7.56. The average Bonchev–Trinajstić information content (AvgIpc) is 2.32. The Labute approximate surface area is 94.0 Å². The fourth-order valence-corrected chi connectivity index (χ4v) is 1.79. The summed E-state index contributed by atoms with van der Waals surface area (Å²) in [7, 11) is 0. The molecule has 1 aromatic rings. The molecule has 1 amide bonds. The third-order valence-electron chi connectivity index (χ3n) is 2.59. The van der Waals surface area contributed by atoms with E-state index in [0.717, 1.165) is 5.69 Å². The number of carbonyl (C=O) groups is 2. The smallest absolute Gasteiger partial charge is 0.226 e. The van der Waals surface area contributed by atoms with Crippen LogP contribution in [-0.4, -0.2) is 17.7 Å². The van der Waals surface area contributed by atoms with Gasteiger partial charge in [-0.1, -0.05) is 0 Å². The monoisotopic (exact) mass is 218 g/mol. The lowest BCUT2D eigenvalue weighted by Crippen LogP contribution is -2.18. The van der Waals surface area contributed by atoms with Crippen LogP contribution in [0.25, 0.3) is 0 Å². The highest BCUT2D eigenvalue weighted by Crippen LogP contribution is 2.27. The second-order valence-electron chi connectivity index (χ2n) is 4.11. The Morgan fingerprint density at radius 1 is 1.38 bits per heavy atom. The zero-order valence-corrected chi connectivity index (χ0v) is 9.33. The summed E-state index contributed by atoms with van der Waals surface area (Å²) in [6.07, 6.45) is 0.435. The van der Waals surface area contributed by atoms with Gasteiger partial charge in [0.1, 0.15) is 0 Å². The van der Waals surface area contributed by atoms with E-state index in [1.165, 1.54) is 6.92 Å². The van der Waals surface area contributed by atoms with E-state index in [9.17, 15) is 9.59 Å². The van der Waals surface area contributed by atoms with E-state index < -0.39 is 0 Å². The van der Waals surface area contributed by atoms with E-state index in [1.54, 1.807) is 12.1 Å². The normalized spacial score (nSPS) is 19.1. The number of benzene rings is 1. The molecule has 1 aliphatic rings. The first-order valence-electron chi connectivity index (χ1n) is 5.27.